The first-order valence-corrected chi connectivity index (χ1v) is 11.0. The Labute approximate surface area is 189 Å². The second-order valence-electron chi connectivity index (χ2n) is 7.79. The van der Waals surface area contributed by atoms with Crippen molar-refractivity contribution in [2.75, 3.05) is 49.2 Å². The van der Waals surface area contributed by atoms with Crippen LogP contribution in [-0.2, 0) is 14.3 Å². The number of Topliss-reactive ketones (excluding diaryl/α,β-unsaturated/α-hetero) is 1. The molecule has 0 aliphatic carbocycles. The maximum Gasteiger partial charge on any atom is 0.171 e. The zero-order valence-electron chi connectivity index (χ0n) is 20.1. The molecule has 5 rings (SSSR count). The lowest BCUT2D eigenvalue weighted by atomic mass is 10.0. The van der Waals surface area contributed by atoms with Gasteiger partial charge in [-0.15, -0.1) is 12.8 Å². The Morgan fingerprint density at radius 2 is 1.16 bits per heavy atom. The molecule has 0 radical (unpaired) electrons. The van der Waals surface area contributed by atoms with Gasteiger partial charge in [-0.25, -0.2) is 0 Å². The lowest BCUT2D eigenvalue weighted by Gasteiger charge is -2.38. The van der Waals surface area contributed by atoms with Crippen molar-refractivity contribution in [1.82, 2.24) is 0 Å². The average molecular weight is 425 g/mol. The highest BCUT2D eigenvalue weighted by Gasteiger charge is 2.39. The summed E-state index contributed by atoms with van der Waals surface area (Å²) in [5.41, 5.74) is 2.53. The van der Waals surface area contributed by atoms with Crippen LogP contribution in [0.4, 0.5) is 11.4 Å². The largest absolute Gasteiger partial charge is 0.371 e. The number of ketones is 1. The summed E-state index contributed by atoms with van der Waals surface area (Å²) in [6, 6.07) is 20.8. The number of ether oxygens (including phenoxy) is 2. The van der Waals surface area contributed by atoms with E-state index in [9.17, 15) is 4.79 Å². The summed E-state index contributed by atoms with van der Waals surface area (Å²) in [5, 5.41) is 0. The SMILES string of the molecule is C#C.O=C1CCN(c2ccccc2)CC1.[2H][2H].c1ccc(N2CCC3(CC2)OCCO3)cc1. The van der Waals surface area contributed by atoms with Crippen molar-refractivity contribution in [3.8, 4) is 12.8 Å². The van der Waals surface area contributed by atoms with Crippen LogP contribution >= 0.6 is 0 Å². The van der Waals surface area contributed by atoms with Gasteiger partial charge in [-0.3, -0.25) is 4.79 Å². The second kappa shape index (κ2) is 11.5. The summed E-state index contributed by atoms with van der Waals surface area (Å²) in [6.07, 6.45) is 11.4. The minimum Gasteiger partial charge on any atom is -0.371 e. The number of hydrogen-bond donors (Lipinski definition) is 0. The van der Waals surface area contributed by atoms with Gasteiger partial charge in [-0.05, 0) is 24.3 Å². The molecular formula is C26H34N2O3. The maximum atomic E-state index is 11.0. The molecule has 3 aliphatic rings. The van der Waals surface area contributed by atoms with Crippen molar-refractivity contribution in [2.45, 2.75) is 31.5 Å². The zero-order valence-corrected chi connectivity index (χ0v) is 18.1. The number of benzene rings is 2. The Morgan fingerprint density at radius 3 is 1.61 bits per heavy atom. The van der Waals surface area contributed by atoms with Crippen molar-refractivity contribution in [3.63, 3.8) is 0 Å². The lowest BCUT2D eigenvalue weighted by molar-refractivity contribution is -0.169. The van der Waals surface area contributed by atoms with Gasteiger partial charge < -0.3 is 19.3 Å². The fourth-order valence-corrected chi connectivity index (χ4v) is 4.18. The number of anilines is 2. The van der Waals surface area contributed by atoms with Gasteiger partial charge in [0.05, 0.1) is 13.2 Å². The number of carbonyl (C=O) groups is 1. The van der Waals surface area contributed by atoms with Crippen LogP contribution in [0.1, 0.15) is 28.7 Å². The number of piperidine rings is 2. The van der Waals surface area contributed by atoms with E-state index in [0.29, 0.717) is 18.6 Å². The number of carbonyl (C=O) groups excluding carboxylic acids is 1. The molecule has 5 heteroatoms. The Morgan fingerprint density at radius 1 is 0.742 bits per heavy atom. The normalized spacial score (nSPS) is 20.0. The second-order valence-corrected chi connectivity index (χ2v) is 7.79. The molecule has 2 aromatic carbocycles. The van der Waals surface area contributed by atoms with Crippen LogP contribution in [0.2, 0.25) is 0 Å². The van der Waals surface area contributed by atoms with Gasteiger partial charge in [0.2, 0.25) is 0 Å². The van der Waals surface area contributed by atoms with E-state index in [-0.39, 0.29) is 5.79 Å². The van der Waals surface area contributed by atoms with Crippen molar-refractivity contribution < 1.29 is 17.2 Å². The molecule has 3 saturated heterocycles. The highest BCUT2D eigenvalue weighted by molar-refractivity contribution is 5.81. The summed E-state index contributed by atoms with van der Waals surface area (Å²) < 4.78 is 21.4. The van der Waals surface area contributed by atoms with Crippen LogP contribution in [-0.4, -0.2) is 51.0 Å². The van der Waals surface area contributed by atoms with Crippen LogP contribution in [0.5, 0.6) is 0 Å². The molecule has 0 bridgehead atoms. The Hall–Kier alpha value is -2.81. The van der Waals surface area contributed by atoms with Gasteiger partial charge in [0.1, 0.15) is 5.78 Å². The Bertz CT molecular complexity index is 807. The van der Waals surface area contributed by atoms with Gasteiger partial charge in [0.15, 0.2) is 5.79 Å². The molecule has 3 aliphatic heterocycles. The predicted octanol–water partition coefficient (Wildman–Crippen LogP) is 4.38. The Balaban J connectivity index is 0.000000207. The summed E-state index contributed by atoms with van der Waals surface area (Å²) in [5.74, 6) is 0.137. The monoisotopic (exact) mass is 424 g/mol. The first kappa shape index (κ1) is 21.4. The molecule has 1 spiro atoms. The van der Waals surface area contributed by atoms with Crippen molar-refractivity contribution >= 4 is 17.2 Å². The number of hydrogen-bond acceptors (Lipinski definition) is 5. The van der Waals surface area contributed by atoms with Crippen LogP contribution in [0.25, 0.3) is 0 Å². The molecule has 5 nitrogen and oxygen atoms in total. The van der Waals surface area contributed by atoms with Gasteiger partial charge in [-0.1, -0.05) is 36.4 Å². The topological polar surface area (TPSA) is 42.0 Å². The highest BCUT2D eigenvalue weighted by atomic mass is 16.7. The van der Waals surface area contributed by atoms with Crippen LogP contribution in [0.15, 0.2) is 60.7 Å². The fraction of sp³-hybridized carbons (Fsp3) is 0.423. The number of nitrogens with zero attached hydrogens (tertiary/aromatic N) is 2. The summed E-state index contributed by atoms with van der Waals surface area (Å²) >= 11 is 0. The molecule has 0 amide bonds. The minimum atomic E-state index is -0.259. The molecule has 31 heavy (non-hydrogen) atoms. The van der Waals surface area contributed by atoms with Crippen LogP contribution in [0.3, 0.4) is 0 Å². The van der Waals surface area contributed by atoms with Gasteiger partial charge in [0, 0.05) is 66.2 Å². The smallest absolute Gasteiger partial charge is 0.171 e. The van der Waals surface area contributed by atoms with Crippen LogP contribution in [0, 0.1) is 12.8 Å². The zero-order chi connectivity index (χ0) is 23.9. The molecule has 0 saturated carbocycles. The van der Waals surface area contributed by atoms with Gasteiger partial charge >= 0.3 is 0 Å². The standard InChI is InChI=1S/C13H17NO2.C11H13NO.C2H2.H2/c1-2-4-12(5-3-1)14-8-6-13(7-9-14)15-10-11-16-13;13-11-6-8-12(9-7-11)10-4-2-1-3-5-10;1-2;/h1-5H,6-11H2;1-5H,6-9H2;1-2H;1H/i;;;1+1D. The van der Waals surface area contributed by atoms with Crippen molar-refractivity contribution in [1.29, 1.82) is 0 Å². The van der Waals surface area contributed by atoms with Gasteiger partial charge in [0.25, 0.3) is 0 Å². The lowest BCUT2D eigenvalue weighted by Crippen LogP contribution is -2.45. The molecule has 0 atom stereocenters. The minimum absolute atomic E-state index is 0.259. The third kappa shape index (κ3) is 6.33. The number of para-hydroxylation sites is 2. The van der Waals surface area contributed by atoms with Crippen LogP contribution < -0.4 is 9.80 Å². The van der Waals surface area contributed by atoms with E-state index in [0.717, 1.165) is 52.2 Å². The van der Waals surface area contributed by atoms with E-state index in [1.807, 2.05) is 18.2 Å². The van der Waals surface area contributed by atoms with E-state index in [1.165, 1.54) is 11.4 Å². The van der Waals surface area contributed by atoms with Crippen molar-refractivity contribution in [3.05, 3.63) is 60.7 Å². The molecule has 0 unspecified atom stereocenters. The average Bonchev–Trinajstić information content (AvgIpc) is 3.36. The molecule has 2 aromatic rings. The molecule has 3 heterocycles. The third-order valence-corrected chi connectivity index (χ3v) is 5.90. The summed E-state index contributed by atoms with van der Waals surface area (Å²) in [4.78, 5) is 15.7. The Kier molecular flexibility index (Phi) is 7.98. The van der Waals surface area contributed by atoms with E-state index in [1.54, 1.807) is 0 Å². The molecule has 0 aromatic heterocycles. The van der Waals surface area contributed by atoms with E-state index < -0.39 is 0 Å². The number of rotatable bonds is 2. The molecular weight excluding hydrogens is 388 g/mol. The number of terminal acetylenes is 1. The van der Waals surface area contributed by atoms with E-state index in [4.69, 9.17) is 12.4 Å². The van der Waals surface area contributed by atoms with E-state index >= 15 is 0 Å². The molecule has 0 N–H and O–H groups in total. The quantitative estimate of drug-likeness (QED) is 0.669. The fourth-order valence-electron chi connectivity index (χ4n) is 4.18. The van der Waals surface area contributed by atoms with Gasteiger partial charge in [-0.2, -0.15) is 0 Å². The first-order valence-electron chi connectivity index (χ1n) is 12.0. The highest BCUT2D eigenvalue weighted by Crippen LogP contribution is 2.32. The maximum absolute atomic E-state index is 11.0. The van der Waals surface area contributed by atoms with E-state index in [2.05, 4.69) is 65.1 Å². The molecule has 166 valence electrons. The summed E-state index contributed by atoms with van der Waals surface area (Å²) in [7, 11) is 0. The third-order valence-electron chi connectivity index (χ3n) is 5.90. The summed E-state index contributed by atoms with van der Waals surface area (Å²) in [6.45, 7) is 5.30. The molecule has 3 fully saturated rings. The first-order chi connectivity index (χ1) is 16.2. The predicted molar refractivity (Wildman–Crippen MR) is 127 cm³/mol. The van der Waals surface area contributed by atoms with Crippen molar-refractivity contribution in [2.24, 2.45) is 0 Å².